The van der Waals surface area contributed by atoms with Gasteiger partial charge in [0.1, 0.15) is 11.5 Å². The number of carbonyl (C=O) groups excluding carboxylic acids is 2. The van der Waals surface area contributed by atoms with E-state index in [0.717, 1.165) is 19.4 Å². The van der Waals surface area contributed by atoms with E-state index in [4.69, 9.17) is 13.9 Å². The van der Waals surface area contributed by atoms with Crippen molar-refractivity contribution in [2.24, 2.45) is 0 Å². The fourth-order valence-electron chi connectivity index (χ4n) is 2.83. The van der Waals surface area contributed by atoms with E-state index in [1.807, 2.05) is 0 Å². The van der Waals surface area contributed by atoms with Gasteiger partial charge in [-0.05, 0) is 47.2 Å². The van der Waals surface area contributed by atoms with Gasteiger partial charge in [-0.1, -0.05) is 18.4 Å². The molecule has 1 aromatic carbocycles. The number of tetrazole rings is 1. The van der Waals surface area contributed by atoms with Crippen molar-refractivity contribution in [1.82, 2.24) is 20.2 Å². The molecule has 0 amide bonds. The second-order valence-corrected chi connectivity index (χ2v) is 6.48. The minimum absolute atomic E-state index is 0.224. The molecule has 0 unspecified atom stereocenters. The third kappa shape index (κ3) is 4.83. The lowest BCUT2D eigenvalue weighted by Gasteiger charge is -2.07. The molecule has 0 fully saturated rings. The Labute approximate surface area is 173 Å². The van der Waals surface area contributed by atoms with E-state index in [2.05, 4.69) is 27.8 Å². The molecule has 2 heterocycles. The molecular weight excluding hydrogens is 390 g/mol. The summed E-state index contributed by atoms with van der Waals surface area (Å²) in [6.45, 7) is 3.20. The van der Waals surface area contributed by atoms with Gasteiger partial charge in [-0.2, -0.15) is 0 Å². The van der Waals surface area contributed by atoms with Crippen molar-refractivity contribution in [1.29, 1.82) is 0 Å². The first-order valence-corrected chi connectivity index (χ1v) is 9.46. The molecule has 0 spiro atoms. The van der Waals surface area contributed by atoms with Crippen LogP contribution in [0.5, 0.6) is 0 Å². The summed E-state index contributed by atoms with van der Waals surface area (Å²) in [6, 6.07) is 8.17. The van der Waals surface area contributed by atoms with Gasteiger partial charge in [-0.15, -0.1) is 0 Å². The van der Waals surface area contributed by atoms with Crippen molar-refractivity contribution < 1.29 is 23.5 Å². The predicted octanol–water partition coefficient (Wildman–Crippen LogP) is 2.92. The summed E-state index contributed by atoms with van der Waals surface area (Å²) in [7, 11) is 2.55. The zero-order valence-corrected chi connectivity index (χ0v) is 17.0. The van der Waals surface area contributed by atoms with Crippen LogP contribution < -0.4 is 5.32 Å². The molecule has 1 N–H and O–H groups in total. The summed E-state index contributed by atoms with van der Waals surface area (Å²) in [6.07, 6.45) is 2.02. The van der Waals surface area contributed by atoms with Gasteiger partial charge >= 0.3 is 11.9 Å². The molecule has 3 aromatic rings. The maximum absolute atomic E-state index is 12.0. The van der Waals surface area contributed by atoms with Crippen LogP contribution in [0.15, 0.2) is 34.7 Å². The highest BCUT2D eigenvalue weighted by atomic mass is 16.5. The molecule has 0 saturated heterocycles. The number of methoxy groups -OCH3 is 2. The molecular formula is C20H23N5O5. The second kappa shape index (κ2) is 9.68. The first-order valence-electron chi connectivity index (χ1n) is 9.46. The van der Waals surface area contributed by atoms with Crippen LogP contribution in [0.4, 0.5) is 5.95 Å². The molecule has 0 aliphatic rings. The standard InChI is InChI=1S/C20H23N5O5/c1-4-5-8-25-20(22-23-24-25)21-12-16-6-7-17(30-16)13-9-14(18(26)28-2)11-15(10-13)19(27)29-3/h6-7,9-11H,4-5,8,12H2,1-3H3,(H,21,22,24). The number of esters is 2. The molecule has 0 atom stereocenters. The predicted molar refractivity (Wildman–Crippen MR) is 107 cm³/mol. The van der Waals surface area contributed by atoms with Gasteiger partial charge in [0.25, 0.3) is 0 Å². The van der Waals surface area contributed by atoms with Crippen LogP contribution in [0.2, 0.25) is 0 Å². The van der Waals surface area contributed by atoms with Crippen molar-refractivity contribution in [2.45, 2.75) is 32.9 Å². The first-order chi connectivity index (χ1) is 14.5. The molecule has 0 saturated carbocycles. The smallest absolute Gasteiger partial charge is 0.337 e. The Balaban J connectivity index is 1.79. The number of hydrogen-bond donors (Lipinski definition) is 1. The Hall–Kier alpha value is -3.69. The fraction of sp³-hybridized carbons (Fsp3) is 0.350. The summed E-state index contributed by atoms with van der Waals surface area (Å²) >= 11 is 0. The molecule has 2 aromatic heterocycles. The number of hydrogen-bond acceptors (Lipinski definition) is 9. The third-order valence-electron chi connectivity index (χ3n) is 4.40. The van der Waals surface area contributed by atoms with Gasteiger partial charge < -0.3 is 19.2 Å². The summed E-state index contributed by atoms with van der Waals surface area (Å²) in [5.74, 6) is 0.567. The molecule has 10 nitrogen and oxygen atoms in total. The van der Waals surface area contributed by atoms with Crippen molar-refractivity contribution >= 4 is 17.9 Å². The Morgan fingerprint density at radius 1 is 1.10 bits per heavy atom. The number of rotatable bonds is 9. The average Bonchev–Trinajstić information content (AvgIpc) is 3.44. The van der Waals surface area contributed by atoms with Gasteiger partial charge in [0.05, 0.1) is 31.9 Å². The number of aromatic nitrogens is 4. The zero-order valence-electron chi connectivity index (χ0n) is 17.0. The van der Waals surface area contributed by atoms with Crippen LogP contribution in [0.3, 0.4) is 0 Å². The fourth-order valence-corrected chi connectivity index (χ4v) is 2.83. The number of nitrogens with one attached hydrogen (secondary N) is 1. The summed E-state index contributed by atoms with van der Waals surface area (Å²) in [5.41, 5.74) is 1.00. The number of ether oxygens (including phenoxy) is 2. The normalized spacial score (nSPS) is 10.6. The highest BCUT2D eigenvalue weighted by Crippen LogP contribution is 2.26. The maximum atomic E-state index is 12.0. The number of furan rings is 1. The van der Waals surface area contributed by atoms with Crippen LogP contribution in [-0.4, -0.2) is 46.4 Å². The zero-order chi connectivity index (χ0) is 21.5. The number of benzene rings is 1. The SMILES string of the molecule is CCCCn1nnnc1NCc1ccc(-c2cc(C(=O)OC)cc(C(=O)OC)c2)o1. The number of aryl methyl sites for hydroxylation is 1. The molecule has 0 radical (unpaired) electrons. The van der Waals surface area contributed by atoms with E-state index < -0.39 is 11.9 Å². The maximum Gasteiger partial charge on any atom is 0.337 e. The van der Waals surface area contributed by atoms with Crippen LogP contribution in [0.1, 0.15) is 46.2 Å². The number of anilines is 1. The van der Waals surface area contributed by atoms with Crippen molar-refractivity contribution in [3.8, 4) is 11.3 Å². The lowest BCUT2D eigenvalue weighted by molar-refractivity contribution is 0.0599. The van der Waals surface area contributed by atoms with Gasteiger partial charge in [-0.3, -0.25) is 0 Å². The molecule has 10 heteroatoms. The summed E-state index contributed by atoms with van der Waals surface area (Å²) in [5, 5.41) is 14.8. The van der Waals surface area contributed by atoms with Crippen molar-refractivity contribution in [3.63, 3.8) is 0 Å². The second-order valence-electron chi connectivity index (χ2n) is 6.48. The van der Waals surface area contributed by atoms with Crippen LogP contribution in [-0.2, 0) is 22.6 Å². The van der Waals surface area contributed by atoms with Crippen LogP contribution in [0.25, 0.3) is 11.3 Å². The molecule has 0 aliphatic carbocycles. The summed E-state index contributed by atoms with van der Waals surface area (Å²) in [4.78, 5) is 23.9. The number of carbonyl (C=O) groups is 2. The van der Waals surface area contributed by atoms with Gasteiger partial charge in [0, 0.05) is 12.1 Å². The molecule has 3 rings (SSSR count). The van der Waals surface area contributed by atoms with Crippen LogP contribution in [0, 0.1) is 0 Å². The first kappa shape index (κ1) is 21.0. The van der Waals surface area contributed by atoms with Crippen LogP contribution >= 0.6 is 0 Å². The van der Waals surface area contributed by atoms with Gasteiger partial charge in [-0.25, -0.2) is 14.3 Å². The molecule has 30 heavy (non-hydrogen) atoms. The monoisotopic (exact) mass is 413 g/mol. The highest BCUT2D eigenvalue weighted by molar-refractivity contribution is 5.97. The topological polar surface area (TPSA) is 121 Å². The Morgan fingerprint density at radius 2 is 1.80 bits per heavy atom. The van der Waals surface area contributed by atoms with Gasteiger partial charge in [0.15, 0.2) is 0 Å². The molecule has 158 valence electrons. The lowest BCUT2D eigenvalue weighted by atomic mass is 10.0. The molecule has 0 bridgehead atoms. The molecule has 0 aliphatic heterocycles. The minimum atomic E-state index is -0.561. The van der Waals surface area contributed by atoms with E-state index in [0.29, 0.717) is 29.6 Å². The van der Waals surface area contributed by atoms with Crippen molar-refractivity contribution in [2.75, 3.05) is 19.5 Å². The Morgan fingerprint density at radius 3 is 2.43 bits per heavy atom. The highest BCUT2D eigenvalue weighted by Gasteiger charge is 2.16. The third-order valence-corrected chi connectivity index (χ3v) is 4.40. The van der Waals surface area contributed by atoms with E-state index in [-0.39, 0.29) is 11.1 Å². The number of unbranched alkanes of at least 4 members (excludes halogenated alkanes) is 1. The van der Waals surface area contributed by atoms with E-state index >= 15 is 0 Å². The largest absolute Gasteiger partial charge is 0.465 e. The Kier molecular flexibility index (Phi) is 6.79. The van der Waals surface area contributed by atoms with Gasteiger partial charge in [0.2, 0.25) is 5.95 Å². The summed E-state index contributed by atoms with van der Waals surface area (Å²) < 4.78 is 17.1. The quantitative estimate of drug-likeness (QED) is 0.528. The van der Waals surface area contributed by atoms with E-state index in [1.54, 1.807) is 28.9 Å². The van der Waals surface area contributed by atoms with E-state index in [1.165, 1.54) is 20.3 Å². The minimum Gasteiger partial charge on any atom is -0.465 e. The average molecular weight is 413 g/mol. The van der Waals surface area contributed by atoms with E-state index in [9.17, 15) is 9.59 Å². The lowest BCUT2D eigenvalue weighted by Crippen LogP contribution is -2.08. The van der Waals surface area contributed by atoms with Crippen molar-refractivity contribution in [3.05, 3.63) is 47.2 Å². The number of nitrogens with zero attached hydrogens (tertiary/aromatic N) is 4. The Bertz CT molecular complexity index is 992.